The van der Waals surface area contributed by atoms with E-state index in [2.05, 4.69) is 24.1 Å². The first-order chi connectivity index (χ1) is 8.82. The van der Waals surface area contributed by atoms with Gasteiger partial charge in [0.05, 0.1) is 16.3 Å². The molecule has 0 saturated carbocycles. The maximum Gasteiger partial charge on any atom is 0.337 e. The van der Waals surface area contributed by atoms with Crippen molar-refractivity contribution in [2.45, 2.75) is 19.9 Å². The number of benzene rings is 1. The van der Waals surface area contributed by atoms with Gasteiger partial charge in [0, 0.05) is 24.8 Å². The van der Waals surface area contributed by atoms with Crippen LogP contribution in [0.25, 0.3) is 0 Å². The smallest absolute Gasteiger partial charge is 0.337 e. The van der Waals surface area contributed by atoms with Crippen LogP contribution in [0.1, 0.15) is 24.2 Å². The number of hydrogen-bond donors (Lipinski definition) is 3. The molecule has 0 saturated heterocycles. The molecular weight excluding hydrogens is 266 g/mol. The van der Waals surface area contributed by atoms with Crippen molar-refractivity contribution in [3.05, 3.63) is 22.7 Å². The lowest BCUT2D eigenvalue weighted by molar-refractivity contribution is 0.0698. The van der Waals surface area contributed by atoms with Gasteiger partial charge in [0.1, 0.15) is 0 Å². The molecule has 0 amide bonds. The molecule has 0 fully saturated rings. The minimum atomic E-state index is -1.05. The number of likely N-dealkylation sites (N-methyl/N-ethyl adjacent to an activating group) is 1. The molecule has 6 heteroatoms. The largest absolute Gasteiger partial charge is 0.478 e. The molecule has 0 heterocycles. The van der Waals surface area contributed by atoms with Gasteiger partial charge in [-0.15, -0.1) is 0 Å². The van der Waals surface area contributed by atoms with Gasteiger partial charge in [-0.3, -0.25) is 0 Å². The minimum Gasteiger partial charge on any atom is -0.478 e. The number of carboxylic acid groups (broad SMARTS) is 1. The summed E-state index contributed by atoms with van der Waals surface area (Å²) in [5, 5.41) is 12.5. The first kappa shape index (κ1) is 15.6. The average Bonchev–Trinajstić information content (AvgIpc) is 2.30. The van der Waals surface area contributed by atoms with Crippen LogP contribution in [0.2, 0.25) is 5.02 Å². The van der Waals surface area contributed by atoms with Crippen LogP contribution < -0.4 is 11.1 Å². The molecule has 0 unspecified atom stereocenters. The van der Waals surface area contributed by atoms with Crippen molar-refractivity contribution in [2.75, 3.05) is 31.2 Å². The van der Waals surface area contributed by atoms with Crippen LogP contribution in [0.15, 0.2) is 12.1 Å². The van der Waals surface area contributed by atoms with Crippen LogP contribution in [-0.2, 0) is 0 Å². The van der Waals surface area contributed by atoms with E-state index in [0.717, 1.165) is 6.54 Å². The Hall–Kier alpha value is -1.46. The van der Waals surface area contributed by atoms with Crippen molar-refractivity contribution in [1.82, 2.24) is 4.90 Å². The summed E-state index contributed by atoms with van der Waals surface area (Å²) in [5.74, 6) is -1.05. The van der Waals surface area contributed by atoms with Crippen molar-refractivity contribution in [3.8, 4) is 0 Å². The Kier molecular flexibility index (Phi) is 5.44. The number of hydrogen-bond acceptors (Lipinski definition) is 4. The van der Waals surface area contributed by atoms with Gasteiger partial charge in [0.2, 0.25) is 0 Å². The molecule has 5 nitrogen and oxygen atoms in total. The number of anilines is 2. The second-order valence-corrected chi connectivity index (χ2v) is 5.14. The Morgan fingerprint density at radius 2 is 2.16 bits per heavy atom. The van der Waals surface area contributed by atoms with E-state index in [0.29, 0.717) is 29.0 Å². The lowest BCUT2D eigenvalue weighted by atomic mass is 10.1. The third kappa shape index (κ3) is 4.29. The van der Waals surface area contributed by atoms with Gasteiger partial charge in [-0.1, -0.05) is 11.6 Å². The number of aromatic carboxylic acids is 1. The number of nitrogens with zero attached hydrogens (tertiary/aromatic N) is 1. The van der Waals surface area contributed by atoms with Gasteiger partial charge in [-0.05, 0) is 33.0 Å². The van der Waals surface area contributed by atoms with Crippen molar-refractivity contribution < 1.29 is 9.90 Å². The molecule has 0 aromatic heterocycles. The molecule has 1 rings (SSSR count). The zero-order valence-electron chi connectivity index (χ0n) is 11.4. The first-order valence-corrected chi connectivity index (χ1v) is 6.47. The predicted octanol–water partition coefficient (Wildman–Crippen LogP) is 2.37. The van der Waals surface area contributed by atoms with E-state index < -0.39 is 5.97 Å². The van der Waals surface area contributed by atoms with Gasteiger partial charge < -0.3 is 21.1 Å². The number of rotatable bonds is 6. The predicted molar refractivity (Wildman–Crippen MR) is 79.1 cm³/mol. The number of nitrogen functional groups attached to an aromatic ring is 1. The summed E-state index contributed by atoms with van der Waals surface area (Å²) < 4.78 is 0. The summed E-state index contributed by atoms with van der Waals surface area (Å²) >= 11 is 6.04. The standard InChI is InChI=1S/C13H20ClN3O2/c1-8(2)17(3)5-4-16-12-10(13(18)19)6-9(15)7-11(12)14/h6-8,16H,4-5,15H2,1-3H3,(H,18,19). The van der Waals surface area contributed by atoms with Crippen LogP contribution in [0.5, 0.6) is 0 Å². The quantitative estimate of drug-likeness (QED) is 0.700. The van der Waals surface area contributed by atoms with E-state index >= 15 is 0 Å². The first-order valence-electron chi connectivity index (χ1n) is 6.09. The van der Waals surface area contributed by atoms with Gasteiger partial charge in [-0.25, -0.2) is 4.79 Å². The number of nitrogens with two attached hydrogens (primary N) is 1. The Morgan fingerprint density at radius 1 is 1.53 bits per heavy atom. The molecule has 106 valence electrons. The normalized spacial score (nSPS) is 11.1. The summed E-state index contributed by atoms with van der Waals surface area (Å²) in [5.41, 5.74) is 6.45. The fourth-order valence-corrected chi connectivity index (χ4v) is 1.89. The summed E-state index contributed by atoms with van der Waals surface area (Å²) in [6, 6.07) is 3.38. The van der Waals surface area contributed by atoms with Crippen LogP contribution in [0.4, 0.5) is 11.4 Å². The SMILES string of the molecule is CC(C)N(C)CCNc1c(Cl)cc(N)cc1C(=O)O. The molecule has 0 spiro atoms. The Balaban J connectivity index is 2.80. The monoisotopic (exact) mass is 285 g/mol. The number of carboxylic acids is 1. The molecule has 0 bridgehead atoms. The lowest BCUT2D eigenvalue weighted by Crippen LogP contribution is -2.31. The van der Waals surface area contributed by atoms with Gasteiger partial charge in [0.25, 0.3) is 0 Å². The van der Waals surface area contributed by atoms with Crippen LogP contribution >= 0.6 is 11.6 Å². The molecule has 0 aliphatic heterocycles. The third-order valence-electron chi connectivity index (χ3n) is 2.99. The van der Waals surface area contributed by atoms with Crippen molar-refractivity contribution in [2.24, 2.45) is 0 Å². The summed E-state index contributed by atoms with van der Waals surface area (Å²) in [4.78, 5) is 13.3. The van der Waals surface area contributed by atoms with E-state index in [1.54, 1.807) is 6.07 Å². The maximum absolute atomic E-state index is 11.2. The van der Waals surface area contributed by atoms with E-state index in [9.17, 15) is 4.79 Å². The second-order valence-electron chi connectivity index (χ2n) is 4.73. The summed E-state index contributed by atoms with van der Waals surface area (Å²) in [6.45, 7) is 5.59. The van der Waals surface area contributed by atoms with Gasteiger partial charge in [0.15, 0.2) is 0 Å². The zero-order chi connectivity index (χ0) is 14.6. The fraction of sp³-hybridized carbons (Fsp3) is 0.462. The Morgan fingerprint density at radius 3 is 2.68 bits per heavy atom. The fourth-order valence-electron chi connectivity index (χ4n) is 1.59. The topological polar surface area (TPSA) is 78.6 Å². The zero-order valence-corrected chi connectivity index (χ0v) is 12.2. The van der Waals surface area contributed by atoms with Gasteiger partial charge >= 0.3 is 5.97 Å². The van der Waals surface area contributed by atoms with E-state index in [-0.39, 0.29) is 5.56 Å². The summed E-state index contributed by atoms with van der Waals surface area (Å²) in [6.07, 6.45) is 0. The molecule has 1 aromatic carbocycles. The van der Waals surface area contributed by atoms with Crippen LogP contribution in [-0.4, -0.2) is 42.2 Å². The molecule has 1 aromatic rings. The van der Waals surface area contributed by atoms with Crippen LogP contribution in [0, 0.1) is 0 Å². The summed E-state index contributed by atoms with van der Waals surface area (Å²) in [7, 11) is 2.01. The highest BCUT2D eigenvalue weighted by Crippen LogP contribution is 2.29. The number of halogens is 1. The van der Waals surface area contributed by atoms with E-state index in [4.69, 9.17) is 22.4 Å². The lowest BCUT2D eigenvalue weighted by Gasteiger charge is -2.22. The van der Waals surface area contributed by atoms with Crippen molar-refractivity contribution >= 4 is 28.9 Å². The molecule has 0 aliphatic carbocycles. The molecule has 0 radical (unpaired) electrons. The third-order valence-corrected chi connectivity index (χ3v) is 3.29. The number of nitrogens with one attached hydrogen (secondary N) is 1. The number of carbonyl (C=O) groups is 1. The molecule has 0 atom stereocenters. The Labute approximate surface area is 118 Å². The highest BCUT2D eigenvalue weighted by atomic mass is 35.5. The molecular formula is C13H20ClN3O2. The second kappa shape index (κ2) is 6.63. The minimum absolute atomic E-state index is 0.0946. The maximum atomic E-state index is 11.2. The van der Waals surface area contributed by atoms with E-state index in [1.165, 1.54) is 6.07 Å². The Bertz CT molecular complexity index is 463. The molecule has 0 aliphatic rings. The molecule has 4 N–H and O–H groups in total. The van der Waals surface area contributed by atoms with Crippen molar-refractivity contribution in [3.63, 3.8) is 0 Å². The van der Waals surface area contributed by atoms with E-state index in [1.807, 2.05) is 7.05 Å². The highest BCUT2D eigenvalue weighted by molar-refractivity contribution is 6.34. The van der Waals surface area contributed by atoms with Gasteiger partial charge in [-0.2, -0.15) is 0 Å². The average molecular weight is 286 g/mol. The van der Waals surface area contributed by atoms with Crippen molar-refractivity contribution in [1.29, 1.82) is 0 Å². The highest BCUT2D eigenvalue weighted by Gasteiger charge is 2.14. The molecule has 19 heavy (non-hydrogen) atoms. The van der Waals surface area contributed by atoms with Crippen LogP contribution in [0.3, 0.4) is 0 Å².